The van der Waals surface area contributed by atoms with Gasteiger partial charge in [-0.3, -0.25) is 24.8 Å². The highest BCUT2D eigenvalue weighted by molar-refractivity contribution is 5.97. The number of pyridine rings is 3. The summed E-state index contributed by atoms with van der Waals surface area (Å²) in [5.41, 5.74) is 14.6. The van der Waals surface area contributed by atoms with E-state index in [0.717, 1.165) is 91.8 Å². The summed E-state index contributed by atoms with van der Waals surface area (Å²) in [6.45, 7) is 14.5. The van der Waals surface area contributed by atoms with Gasteiger partial charge in [0.25, 0.3) is 11.8 Å². The number of aliphatic hydroxyl groups is 1. The summed E-state index contributed by atoms with van der Waals surface area (Å²) in [7, 11) is 3.58. The van der Waals surface area contributed by atoms with E-state index in [0.29, 0.717) is 76.8 Å². The predicted octanol–water partition coefficient (Wildman–Crippen LogP) is 18.9. The van der Waals surface area contributed by atoms with E-state index >= 15 is 0 Å². The van der Waals surface area contributed by atoms with Crippen molar-refractivity contribution in [3.8, 4) is 0 Å². The number of carbonyl (C=O) groups excluding carboxylic acids is 2. The maximum absolute atomic E-state index is 13.1. The van der Waals surface area contributed by atoms with Crippen molar-refractivity contribution in [2.45, 2.75) is 192 Å². The van der Waals surface area contributed by atoms with Gasteiger partial charge in [0.05, 0.1) is 42.7 Å². The fourth-order valence-corrected chi connectivity index (χ4v) is 14.3. The second kappa shape index (κ2) is 39.9. The number of aromatic nitrogens is 7. The zero-order valence-corrected chi connectivity index (χ0v) is 57.4. The molecule has 3 saturated carbocycles. The first-order valence-electron chi connectivity index (χ1n) is 34.4. The van der Waals surface area contributed by atoms with E-state index in [1.54, 1.807) is 54.5 Å². The summed E-state index contributed by atoms with van der Waals surface area (Å²) in [5.74, 6) is 1.59. The lowest BCUT2D eigenvalue weighted by Gasteiger charge is -2.20. The van der Waals surface area contributed by atoms with E-state index in [-0.39, 0.29) is 47.4 Å². The van der Waals surface area contributed by atoms with Gasteiger partial charge in [-0.25, -0.2) is 19.7 Å². The van der Waals surface area contributed by atoms with Crippen molar-refractivity contribution < 1.29 is 37.8 Å². The van der Waals surface area contributed by atoms with E-state index in [1.165, 1.54) is 90.9 Å². The van der Waals surface area contributed by atoms with Crippen LogP contribution in [-0.4, -0.2) is 99.5 Å². The van der Waals surface area contributed by atoms with Crippen LogP contribution in [0.4, 0.5) is 13.2 Å². The number of aromatic amines is 2. The fraction of sp³-hybridized carbons (Fsp3) is 0.458. The number of hydrogen-bond acceptors (Lipinski definition) is 10. The molecule has 15 nitrogen and oxygen atoms in total. The molecule has 8 aromatic rings. The first-order valence-corrected chi connectivity index (χ1v) is 34.4. The number of aliphatic imine (C=N–C) groups is 1. The minimum atomic E-state index is -0.885. The molecule has 3 unspecified atom stereocenters. The van der Waals surface area contributed by atoms with E-state index in [2.05, 4.69) is 86.2 Å². The smallest absolute Gasteiger partial charge is 0.335 e. The first kappa shape index (κ1) is 82.8. The summed E-state index contributed by atoms with van der Waals surface area (Å²) in [5, 5.41) is 33.8. The van der Waals surface area contributed by atoms with Gasteiger partial charge in [-0.15, -0.1) is 0 Å². The van der Waals surface area contributed by atoms with Crippen molar-refractivity contribution in [3.63, 3.8) is 0 Å². The number of amides is 2. The molecule has 3 aromatic carbocycles. The summed E-state index contributed by atoms with van der Waals surface area (Å²) in [6.07, 6.45) is 21.6. The van der Waals surface area contributed by atoms with Crippen LogP contribution in [0.15, 0.2) is 157 Å². The van der Waals surface area contributed by atoms with Crippen LogP contribution in [0.5, 0.6) is 0 Å². The average Bonchev–Trinajstić information content (AvgIpc) is 1.79. The topological polar surface area (TPSA) is 207 Å². The largest absolute Gasteiger partial charge is 0.478 e. The number of H-pyrrole nitrogens is 2. The molecule has 5 aromatic heterocycles. The first-order chi connectivity index (χ1) is 46.6. The highest BCUT2D eigenvalue weighted by atomic mass is 19.1. The van der Waals surface area contributed by atoms with Crippen LogP contribution < -0.4 is 0 Å². The Morgan fingerprint density at radius 2 is 0.891 bits per heavy atom. The number of rotatable bonds is 21. The van der Waals surface area contributed by atoms with Crippen LogP contribution in [0.25, 0.3) is 0 Å². The Bertz CT molecular complexity index is 3700. The number of carboxylic acids is 1. The molecule has 544 valence electrons. The van der Waals surface area contributed by atoms with Gasteiger partial charge in [0, 0.05) is 60.9 Å². The third-order valence-electron chi connectivity index (χ3n) is 19.9. The summed E-state index contributed by atoms with van der Waals surface area (Å²) in [4.78, 5) is 55.3. The number of benzene rings is 3. The Balaban J connectivity index is 0.000000254. The van der Waals surface area contributed by atoms with Crippen molar-refractivity contribution in [2.75, 3.05) is 20.6 Å². The minimum Gasteiger partial charge on any atom is -0.478 e. The fourth-order valence-electron chi connectivity index (χ4n) is 14.3. The molecule has 4 aliphatic rings. The number of nitrogens with one attached hydrogen (secondary N) is 2. The summed E-state index contributed by atoms with van der Waals surface area (Å²) >= 11 is 0. The standard InChI is InChI=1S/C26H31FN4O.C25H29FN4O2.C20H22FNO2.C8H13N.4CH4/c1-17-12-24(30-29-17)16-31(3)26(32)21-7-4-19(5-8-21)13-20-6-9-22(14-20)18(2)23-10-11-25(27)28-15-23;1-16-11-22(29-28-16)15-30(2)25(32)19-6-3-17(4-7-19)12-18-5-8-20(13-18)24(31)21-9-10-23(26)27-14-21;1-13(18-8-9-19(21)22-12-18)17-7-4-15(11-17)10-14-2-5-16(6-3-14)20(23)24;1-3-4-8-5-7(2)6-9-8;;;;/h4-5,7-8,10-12,15,18,20,22H,6,9,13-14,16H2,1-3H3,(H,29,30);3-4,6-7,9-11,14,18,20,24,31H,5,8,12-13,15H2,1-2H3,(H,28,29);2-3,5-6,8-9,12-13,15,17H,4,7,10-11H2,1H3,(H,23,24);5H,3-4,6H2,1-2H3;4*1H4/t18-,20?,22-;18?,20-,24-;13-,15?,17-;;;;;/m000...../s1. The van der Waals surface area contributed by atoms with Crippen LogP contribution >= 0.6 is 0 Å². The monoisotopic (exact) mass is 1380 g/mol. The maximum atomic E-state index is 13.1. The molecule has 0 saturated heterocycles. The molecule has 4 N–H and O–H groups in total. The van der Waals surface area contributed by atoms with Gasteiger partial charge >= 0.3 is 5.97 Å². The molecule has 3 fully saturated rings. The number of aryl methyl sites for hydroxylation is 2. The molecule has 0 spiro atoms. The number of nitrogens with zero attached hydrogens (tertiary/aromatic N) is 8. The number of carboxylic acid groups (broad SMARTS) is 1. The van der Waals surface area contributed by atoms with Crippen LogP contribution in [0.2, 0.25) is 0 Å². The highest BCUT2D eigenvalue weighted by Crippen LogP contribution is 2.44. The van der Waals surface area contributed by atoms with Gasteiger partial charge in [0.2, 0.25) is 17.8 Å². The number of hydrogen-bond donors (Lipinski definition) is 4. The Morgan fingerprint density at radius 1 is 0.525 bits per heavy atom. The van der Waals surface area contributed by atoms with Gasteiger partial charge in [-0.1, -0.05) is 117 Å². The van der Waals surface area contributed by atoms with Crippen LogP contribution in [0, 0.1) is 67.2 Å². The molecule has 3 aliphatic carbocycles. The number of carbonyl (C=O) groups is 3. The molecule has 9 atom stereocenters. The van der Waals surface area contributed by atoms with E-state index in [9.17, 15) is 32.7 Å². The van der Waals surface area contributed by atoms with Gasteiger partial charge in [0.1, 0.15) is 0 Å². The van der Waals surface area contributed by atoms with Crippen LogP contribution in [0.1, 0.15) is 233 Å². The van der Waals surface area contributed by atoms with E-state index in [1.807, 2.05) is 86.6 Å². The van der Waals surface area contributed by atoms with Crippen molar-refractivity contribution in [2.24, 2.45) is 40.5 Å². The zero-order valence-electron chi connectivity index (χ0n) is 57.4. The number of allylic oxidation sites excluding steroid dienone is 1. The lowest BCUT2D eigenvalue weighted by molar-refractivity contribution is 0.0695. The highest BCUT2D eigenvalue weighted by Gasteiger charge is 2.33. The molecule has 6 heterocycles. The molecule has 1 aliphatic heterocycles. The van der Waals surface area contributed by atoms with E-state index < -0.39 is 29.9 Å². The second-order valence-corrected chi connectivity index (χ2v) is 27.5. The van der Waals surface area contributed by atoms with Gasteiger partial charge in [-0.05, 0) is 258 Å². The summed E-state index contributed by atoms with van der Waals surface area (Å²) in [6, 6.07) is 36.4. The van der Waals surface area contributed by atoms with Crippen molar-refractivity contribution in [1.82, 2.24) is 45.1 Å². The average molecular weight is 1390 g/mol. The van der Waals surface area contributed by atoms with Crippen LogP contribution in [0.3, 0.4) is 0 Å². The molecular weight excluding hydrogens is 1270 g/mol. The van der Waals surface area contributed by atoms with Gasteiger partial charge < -0.3 is 20.0 Å². The molecule has 0 bridgehead atoms. The normalized spacial score (nSPS) is 18.8. The second-order valence-electron chi connectivity index (χ2n) is 27.5. The molecule has 2 amide bonds. The Labute approximate surface area is 599 Å². The lowest BCUT2D eigenvalue weighted by Crippen LogP contribution is -2.26. The molecule has 12 rings (SSSR count). The number of aliphatic hydroxyl groups excluding tert-OH is 1. The Kier molecular flexibility index (Phi) is 32.7. The summed E-state index contributed by atoms with van der Waals surface area (Å²) < 4.78 is 39.1. The predicted molar refractivity (Wildman–Crippen MR) is 400 cm³/mol. The lowest BCUT2D eigenvalue weighted by atomic mass is 9.86. The van der Waals surface area contributed by atoms with Gasteiger partial charge in [0.15, 0.2) is 0 Å². The SMILES string of the molecule is C.C.C.C.CCCC1=NCC(C)=C1.C[C@H](c1ccc(F)nc1)[C@H]1CCC(Cc2ccc(C(=O)O)cc2)C1.Cc1cc(CN(C)C(=O)c2ccc(CC3CC[C@H]([C@H](C)c4ccc(F)nc4)C3)cc2)n[nH]1.Cc1cc(CN(C)C(=O)c2ccc(CC3CC[C@H]([C@H](O)c4ccc(F)nc4)C3)cc2)n[nH]1. The number of halogens is 3. The minimum absolute atomic E-state index is 0. The zero-order chi connectivity index (χ0) is 69.1. The molecule has 0 radical (unpaired) electrons. The van der Waals surface area contributed by atoms with E-state index in [4.69, 9.17) is 5.11 Å². The third kappa shape index (κ3) is 24.4. The Hall–Kier alpha value is -8.90. The maximum Gasteiger partial charge on any atom is 0.335 e. The quantitative estimate of drug-likeness (QED) is 0.0501. The van der Waals surface area contributed by atoms with Crippen molar-refractivity contribution >= 4 is 23.5 Å². The third-order valence-corrected chi connectivity index (χ3v) is 19.9. The van der Waals surface area contributed by atoms with Gasteiger partial charge in [-0.2, -0.15) is 23.4 Å². The van der Waals surface area contributed by atoms with Crippen molar-refractivity contribution in [1.29, 1.82) is 0 Å². The number of aromatic carboxylic acids is 1. The molecule has 18 heteroatoms. The molecular formula is C83H111F3N10O5. The molecule has 101 heavy (non-hydrogen) atoms. The van der Waals surface area contributed by atoms with Crippen LogP contribution in [-0.2, 0) is 32.4 Å². The van der Waals surface area contributed by atoms with Crippen molar-refractivity contribution in [3.05, 3.63) is 242 Å². The Morgan fingerprint density at radius 3 is 1.22 bits per heavy atom.